The Kier molecular flexibility index (Phi) is 4.35. The number of fused-ring (bicyclic) bond motifs is 2. The summed E-state index contributed by atoms with van der Waals surface area (Å²) in [7, 11) is 1.36. The Labute approximate surface area is 172 Å². The number of carbonyl (C=O) groups is 1. The maximum Gasteiger partial charge on any atom is 0.338 e. The van der Waals surface area contributed by atoms with E-state index >= 15 is 0 Å². The largest absolute Gasteiger partial charge is 0.486 e. The van der Waals surface area contributed by atoms with Gasteiger partial charge in [0, 0.05) is 23.7 Å². The van der Waals surface area contributed by atoms with Crippen LogP contribution in [0.4, 0.5) is 5.95 Å². The summed E-state index contributed by atoms with van der Waals surface area (Å²) in [5.74, 6) is 1.94. The fourth-order valence-electron chi connectivity index (χ4n) is 3.69. The van der Waals surface area contributed by atoms with Crippen molar-refractivity contribution in [1.82, 2.24) is 19.7 Å². The van der Waals surface area contributed by atoms with Crippen LogP contribution in [0.3, 0.4) is 0 Å². The van der Waals surface area contributed by atoms with Crippen molar-refractivity contribution in [2.24, 2.45) is 0 Å². The summed E-state index contributed by atoms with van der Waals surface area (Å²) in [6.07, 6.45) is 3.37. The molecule has 2 aliphatic rings. The molecule has 30 heavy (non-hydrogen) atoms. The van der Waals surface area contributed by atoms with Crippen LogP contribution in [0.2, 0.25) is 0 Å². The van der Waals surface area contributed by atoms with Gasteiger partial charge in [0.2, 0.25) is 5.95 Å². The molecule has 9 heteroatoms. The molecule has 0 radical (unpaired) electrons. The van der Waals surface area contributed by atoms with Crippen molar-refractivity contribution >= 4 is 11.9 Å². The van der Waals surface area contributed by atoms with Crippen LogP contribution in [0, 0.1) is 0 Å². The van der Waals surface area contributed by atoms with E-state index in [1.54, 1.807) is 17.1 Å². The quantitative estimate of drug-likeness (QED) is 0.664. The molecule has 1 N–H and O–H groups in total. The van der Waals surface area contributed by atoms with Gasteiger partial charge < -0.3 is 19.5 Å². The second kappa shape index (κ2) is 7.18. The first-order chi connectivity index (χ1) is 14.7. The fourth-order valence-corrected chi connectivity index (χ4v) is 3.69. The Morgan fingerprint density at radius 2 is 1.93 bits per heavy atom. The second-order valence-corrected chi connectivity index (χ2v) is 6.90. The van der Waals surface area contributed by atoms with Crippen LogP contribution < -0.4 is 14.8 Å². The molecule has 0 saturated heterocycles. The number of carbonyl (C=O) groups excluding carboxylic acids is 1. The van der Waals surface area contributed by atoms with E-state index in [9.17, 15) is 4.79 Å². The zero-order valence-electron chi connectivity index (χ0n) is 16.5. The molecule has 1 atom stereocenters. The molecule has 2 aliphatic heterocycles. The lowest BCUT2D eigenvalue weighted by Crippen LogP contribution is -2.29. The van der Waals surface area contributed by atoms with Crippen molar-refractivity contribution in [2.45, 2.75) is 13.0 Å². The van der Waals surface area contributed by atoms with Gasteiger partial charge in [-0.2, -0.15) is 4.98 Å². The molecule has 1 unspecified atom stereocenters. The average molecular weight is 405 g/mol. The van der Waals surface area contributed by atoms with Crippen LogP contribution >= 0.6 is 0 Å². The monoisotopic (exact) mass is 405 g/mol. The first-order valence-corrected chi connectivity index (χ1v) is 9.48. The minimum atomic E-state index is -0.535. The van der Waals surface area contributed by atoms with Crippen LogP contribution in [0.25, 0.3) is 11.4 Å². The van der Waals surface area contributed by atoms with Gasteiger partial charge in [-0.25, -0.2) is 9.48 Å². The number of anilines is 1. The summed E-state index contributed by atoms with van der Waals surface area (Å²) in [6.45, 7) is 2.80. The third-order valence-corrected chi connectivity index (χ3v) is 5.08. The number of pyridine rings is 1. The van der Waals surface area contributed by atoms with Gasteiger partial charge in [0.1, 0.15) is 19.3 Å². The van der Waals surface area contributed by atoms with Crippen LogP contribution in [0.5, 0.6) is 11.5 Å². The number of benzene rings is 1. The molecular weight excluding hydrogens is 386 g/mol. The molecule has 0 fully saturated rings. The smallest absolute Gasteiger partial charge is 0.338 e. The van der Waals surface area contributed by atoms with Gasteiger partial charge in [-0.05, 0) is 36.8 Å². The SMILES string of the molecule is COC(=O)C1=C(C)Nc2nc(-c3ccncc3)nn2C1c1ccc2c(c1)OCCO2. The molecule has 0 bridgehead atoms. The maximum atomic E-state index is 12.7. The third kappa shape index (κ3) is 2.95. The molecule has 2 aromatic heterocycles. The highest BCUT2D eigenvalue weighted by Gasteiger charge is 2.35. The molecule has 152 valence electrons. The van der Waals surface area contributed by atoms with E-state index in [1.807, 2.05) is 37.3 Å². The second-order valence-electron chi connectivity index (χ2n) is 6.90. The van der Waals surface area contributed by atoms with Crippen LogP contribution in [0.1, 0.15) is 18.5 Å². The Hall–Kier alpha value is -3.88. The van der Waals surface area contributed by atoms with E-state index in [1.165, 1.54) is 7.11 Å². The summed E-state index contributed by atoms with van der Waals surface area (Å²) >= 11 is 0. The minimum absolute atomic E-state index is 0.438. The van der Waals surface area contributed by atoms with Gasteiger partial charge in [0.25, 0.3) is 0 Å². The van der Waals surface area contributed by atoms with Gasteiger partial charge in [-0.3, -0.25) is 4.98 Å². The third-order valence-electron chi connectivity index (χ3n) is 5.08. The zero-order valence-corrected chi connectivity index (χ0v) is 16.5. The lowest BCUT2D eigenvalue weighted by molar-refractivity contribution is -0.136. The zero-order chi connectivity index (χ0) is 20.7. The molecule has 0 aliphatic carbocycles. The van der Waals surface area contributed by atoms with Crippen molar-refractivity contribution < 1.29 is 19.0 Å². The topological polar surface area (TPSA) is 100 Å². The van der Waals surface area contributed by atoms with E-state index in [0.717, 1.165) is 11.1 Å². The van der Waals surface area contributed by atoms with Crippen molar-refractivity contribution in [1.29, 1.82) is 0 Å². The van der Waals surface area contributed by atoms with Crippen LogP contribution in [0.15, 0.2) is 54.0 Å². The molecule has 0 saturated carbocycles. The molecule has 0 amide bonds. The van der Waals surface area contributed by atoms with E-state index < -0.39 is 12.0 Å². The summed E-state index contributed by atoms with van der Waals surface area (Å²) in [5.41, 5.74) is 2.75. The fraction of sp³-hybridized carbons (Fsp3) is 0.238. The molecule has 9 nitrogen and oxygen atoms in total. The Morgan fingerprint density at radius 1 is 1.17 bits per heavy atom. The number of nitrogens with one attached hydrogen (secondary N) is 1. The molecule has 5 rings (SSSR count). The Bertz CT molecular complexity index is 1160. The predicted molar refractivity (Wildman–Crippen MR) is 107 cm³/mol. The number of hydrogen-bond acceptors (Lipinski definition) is 8. The number of esters is 1. The number of nitrogens with zero attached hydrogens (tertiary/aromatic N) is 4. The van der Waals surface area contributed by atoms with Gasteiger partial charge in [-0.15, -0.1) is 5.10 Å². The lowest BCUT2D eigenvalue weighted by Gasteiger charge is -2.28. The minimum Gasteiger partial charge on any atom is -0.486 e. The number of hydrogen-bond donors (Lipinski definition) is 1. The van der Waals surface area contributed by atoms with Gasteiger partial charge >= 0.3 is 5.97 Å². The van der Waals surface area contributed by atoms with Crippen LogP contribution in [-0.2, 0) is 9.53 Å². The van der Waals surface area contributed by atoms with E-state index in [-0.39, 0.29) is 0 Å². The molecule has 1 aromatic carbocycles. The highest BCUT2D eigenvalue weighted by Crippen LogP contribution is 2.40. The predicted octanol–water partition coefficient (Wildman–Crippen LogP) is 2.57. The van der Waals surface area contributed by atoms with Crippen molar-refractivity contribution in [3.05, 3.63) is 59.6 Å². The normalized spacial score (nSPS) is 17.2. The lowest BCUT2D eigenvalue weighted by atomic mass is 9.95. The number of aromatic nitrogens is 4. The van der Waals surface area contributed by atoms with E-state index in [4.69, 9.17) is 19.3 Å². The Balaban J connectivity index is 1.66. The summed E-state index contributed by atoms with van der Waals surface area (Å²) in [4.78, 5) is 21.4. The van der Waals surface area contributed by atoms with Crippen molar-refractivity contribution in [3.63, 3.8) is 0 Å². The number of methoxy groups -OCH3 is 1. The standard InChI is InChI=1S/C21H19N5O4/c1-12-17(20(27)28-2)18(14-3-4-15-16(11-14)30-10-9-29-15)26-21(23-12)24-19(25-26)13-5-7-22-8-6-13/h3-8,11,18H,9-10H2,1-2H3,(H,23,24,25). The van der Waals surface area contributed by atoms with Crippen molar-refractivity contribution in [3.8, 4) is 22.9 Å². The van der Waals surface area contributed by atoms with E-state index in [0.29, 0.717) is 47.8 Å². The van der Waals surface area contributed by atoms with Gasteiger partial charge in [0.15, 0.2) is 17.3 Å². The highest BCUT2D eigenvalue weighted by atomic mass is 16.6. The molecule has 4 heterocycles. The van der Waals surface area contributed by atoms with Gasteiger partial charge in [-0.1, -0.05) is 6.07 Å². The number of allylic oxidation sites excluding steroid dienone is 1. The molecular formula is C21H19N5O4. The average Bonchev–Trinajstić information content (AvgIpc) is 3.21. The summed E-state index contributed by atoms with van der Waals surface area (Å²) in [5, 5.41) is 7.87. The Morgan fingerprint density at radius 3 is 2.70 bits per heavy atom. The van der Waals surface area contributed by atoms with E-state index in [2.05, 4.69) is 15.3 Å². The van der Waals surface area contributed by atoms with Crippen molar-refractivity contribution in [2.75, 3.05) is 25.6 Å². The summed E-state index contributed by atoms with van der Waals surface area (Å²) in [6, 6.07) is 8.75. The van der Waals surface area contributed by atoms with Crippen LogP contribution in [-0.4, -0.2) is 46.0 Å². The first-order valence-electron chi connectivity index (χ1n) is 9.48. The molecule has 0 spiro atoms. The maximum absolute atomic E-state index is 12.7. The number of ether oxygens (including phenoxy) is 3. The summed E-state index contributed by atoms with van der Waals surface area (Å²) < 4.78 is 18.1. The molecule has 3 aromatic rings. The van der Waals surface area contributed by atoms with Gasteiger partial charge in [0.05, 0.1) is 12.7 Å². The first kappa shape index (κ1) is 18.2. The number of rotatable bonds is 3. The highest BCUT2D eigenvalue weighted by molar-refractivity contribution is 5.92.